The smallest absolute Gasteiger partial charge is 0.336 e. The first-order valence-corrected chi connectivity index (χ1v) is 6.58. The maximum Gasteiger partial charge on any atom is 0.336 e. The standard InChI is InChI=1S/C10H10F3NO5S/c1-19-10(16)6(15)4-14-20(17,18)7-3-2-5(11)8(12)9(7)13/h2-3,6,14-15H,4H2,1H3. The molecule has 112 valence electrons. The van der Waals surface area contributed by atoms with E-state index in [-0.39, 0.29) is 0 Å². The van der Waals surface area contributed by atoms with E-state index < -0.39 is 51.0 Å². The highest BCUT2D eigenvalue weighted by molar-refractivity contribution is 7.89. The summed E-state index contributed by atoms with van der Waals surface area (Å²) in [5.41, 5.74) is 0. The van der Waals surface area contributed by atoms with Crippen LogP contribution in [0.15, 0.2) is 17.0 Å². The number of aliphatic hydroxyl groups is 1. The number of rotatable bonds is 5. The molecule has 0 aliphatic rings. The molecule has 1 rings (SSSR count). The molecule has 1 atom stereocenters. The van der Waals surface area contributed by atoms with Crippen LogP contribution in [0.1, 0.15) is 0 Å². The number of carbonyl (C=O) groups is 1. The van der Waals surface area contributed by atoms with Crippen LogP contribution in [0.2, 0.25) is 0 Å². The molecule has 1 aromatic carbocycles. The number of esters is 1. The predicted octanol–water partition coefficient (Wildman–Crippen LogP) is -0.0839. The lowest BCUT2D eigenvalue weighted by Crippen LogP contribution is -2.37. The molecule has 1 unspecified atom stereocenters. The van der Waals surface area contributed by atoms with Crippen LogP contribution in [0.4, 0.5) is 13.2 Å². The quantitative estimate of drug-likeness (QED) is 0.586. The number of sulfonamides is 1. The van der Waals surface area contributed by atoms with Crippen molar-refractivity contribution in [3.8, 4) is 0 Å². The Morgan fingerprint density at radius 2 is 1.95 bits per heavy atom. The molecule has 10 heteroatoms. The van der Waals surface area contributed by atoms with Crippen LogP contribution in [0.5, 0.6) is 0 Å². The molecule has 0 bridgehead atoms. The molecule has 0 saturated heterocycles. The fourth-order valence-electron chi connectivity index (χ4n) is 1.20. The van der Waals surface area contributed by atoms with Gasteiger partial charge in [-0.1, -0.05) is 0 Å². The lowest BCUT2D eigenvalue weighted by Gasteiger charge is -2.11. The van der Waals surface area contributed by atoms with Crippen LogP contribution in [-0.4, -0.2) is 39.3 Å². The Kier molecular flexibility index (Phi) is 5.09. The number of ether oxygens (including phenoxy) is 1. The van der Waals surface area contributed by atoms with Gasteiger partial charge in [-0.05, 0) is 12.1 Å². The minimum absolute atomic E-state index is 0.434. The van der Waals surface area contributed by atoms with Crippen molar-refractivity contribution in [1.29, 1.82) is 0 Å². The summed E-state index contributed by atoms with van der Waals surface area (Å²) < 4.78 is 68.0. The number of hydrogen-bond donors (Lipinski definition) is 2. The molecule has 0 heterocycles. The monoisotopic (exact) mass is 313 g/mol. The summed E-state index contributed by atoms with van der Waals surface area (Å²) in [6.45, 7) is -0.812. The van der Waals surface area contributed by atoms with Gasteiger partial charge < -0.3 is 9.84 Å². The van der Waals surface area contributed by atoms with Crippen molar-refractivity contribution in [3.63, 3.8) is 0 Å². The van der Waals surface area contributed by atoms with Crippen molar-refractivity contribution in [1.82, 2.24) is 4.72 Å². The van der Waals surface area contributed by atoms with E-state index >= 15 is 0 Å². The highest BCUT2D eigenvalue weighted by Crippen LogP contribution is 2.19. The number of nitrogens with one attached hydrogen (secondary N) is 1. The summed E-state index contributed by atoms with van der Waals surface area (Å²) in [4.78, 5) is 9.70. The van der Waals surface area contributed by atoms with Gasteiger partial charge in [-0.25, -0.2) is 31.1 Å². The third-order valence-electron chi connectivity index (χ3n) is 2.23. The maximum atomic E-state index is 13.3. The minimum atomic E-state index is -4.57. The zero-order valence-corrected chi connectivity index (χ0v) is 10.9. The Bertz CT molecular complexity index is 620. The average Bonchev–Trinajstić information content (AvgIpc) is 2.41. The van der Waals surface area contributed by atoms with E-state index in [1.165, 1.54) is 0 Å². The third-order valence-corrected chi connectivity index (χ3v) is 3.67. The SMILES string of the molecule is COC(=O)C(O)CNS(=O)(=O)c1ccc(F)c(F)c1F. The molecule has 0 fully saturated rings. The number of halogens is 3. The normalized spacial score (nSPS) is 13.1. The number of aliphatic hydroxyl groups excluding tert-OH is 1. The highest BCUT2D eigenvalue weighted by Gasteiger charge is 2.26. The van der Waals surface area contributed by atoms with Crippen molar-refractivity contribution in [2.45, 2.75) is 11.0 Å². The van der Waals surface area contributed by atoms with E-state index in [0.717, 1.165) is 7.11 Å². The molecule has 2 N–H and O–H groups in total. The Labute approximate surface area is 112 Å². The van der Waals surface area contributed by atoms with Gasteiger partial charge in [-0.3, -0.25) is 0 Å². The molecule has 0 spiro atoms. The number of hydrogen-bond acceptors (Lipinski definition) is 5. The molecule has 0 amide bonds. The number of carbonyl (C=O) groups excluding carboxylic acids is 1. The highest BCUT2D eigenvalue weighted by atomic mass is 32.2. The van der Waals surface area contributed by atoms with Crippen molar-refractivity contribution >= 4 is 16.0 Å². The van der Waals surface area contributed by atoms with Crippen molar-refractivity contribution in [3.05, 3.63) is 29.6 Å². The molecule has 0 aliphatic heterocycles. The van der Waals surface area contributed by atoms with Gasteiger partial charge in [0.15, 0.2) is 23.6 Å². The van der Waals surface area contributed by atoms with Crippen LogP contribution < -0.4 is 4.72 Å². The predicted molar refractivity (Wildman–Crippen MR) is 59.5 cm³/mol. The molecule has 6 nitrogen and oxygen atoms in total. The van der Waals surface area contributed by atoms with Crippen molar-refractivity contribution < 1.29 is 36.2 Å². The summed E-state index contributed by atoms with van der Waals surface area (Å²) in [6.07, 6.45) is -1.82. The van der Waals surface area contributed by atoms with Crippen LogP contribution in [0.25, 0.3) is 0 Å². The van der Waals surface area contributed by atoms with E-state index in [1.807, 2.05) is 0 Å². The Morgan fingerprint density at radius 3 is 2.50 bits per heavy atom. The average molecular weight is 313 g/mol. The molecule has 0 saturated carbocycles. The molecular weight excluding hydrogens is 303 g/mol. The van der Waals surface area contributed by atoms with Crippen LogP contribution >= 0.6 is 0 Å². The fourth-order valence-corrected chi connectivity index (χ4v) is 2.31. The van der Waals surface area contributed by atoms with E-state index in [4.69, 9.17) is 5.11 Å². The zero-order valence-electron chi connectivity index (χ0n) is 10.1. The second-order valence-corrected chi connectivity index (χ2v) is 5.30. The molecule has 0 aliphatic carbocycles. The zero-order chi connectivity index (χ0) is 15.5. The van der Waals surface area contributed by atoms with Gasteiger partial charge in [0.1, 0.15) is 4.90 Å². The molecule has 1 aromatic rings. The van der Waals surface area contributed by atoms with Crippen LogP contribution in [-0.2, 0) is 19.6 Å². The van der Waals surface area contributed by atoms with E-state index in [9.17, 15) is 26.4 Å². The van der Waals surface area contributed by atoms with Gasteiger partial charge in [-0.15, -0.1) is 0 Å². The summed E-state index contributed by atoms with van der Waals surface area (Å²) in [7, 11) is -3.60. The van der Waals surface area contributed by atoms with Gasteiger partial charge in [0, 0.05) is 6.54 Å². The van der Waals surface area contributed by atoms with E-state index in [1.54, 1.807) is 4.72 Å². The van der Waals surface area contributed by atoms with Gasteiger partial charge in [0.25, 0.3) is 0 Å². The van der Waals surface area contributed by atoms with Gasteiger partial charge >= 0.3 is 5.97 Å². The fraction of sp³-hybridized carbons (Fsp3) is 0.300. The minimum Gasteiger partial charge on any atom is -0.467 e. The first-order valence-electron chi connectivity index (χ1n) is 5.09. The van der Waals surface area contributed by atoms with E-state index in [2.05, 4.69) is 4.74 Å². The lowest BCUT2D eigenvalue weighted by atomic mass is 10.3. The van der Waals surface area contributed by atoms with Gasteiger partial charge in [0.2, 0.25) is 10.0 Å². The summed E-state index contributed by atoms with van der Waals surface area (Å²) in [5.74, 6) is -6.50. The van der Waals surface area contributed by atoms with Crippen molar-refractivity contribution in [2.24, 2.45) is 0 Å². The molecule has 20 heavy (non-hydrogen) atoms. The first kappa shape index (κ1) is 16.4. The largest absolute Gasteiger partial charge is 0.467 e. The Morgan fingerprint density at radius 1 is 1.35 bits per heavy atom. The van der Waals surface area contributed by atoms with Crippen LogP contribution in [0, 0.1) is 17.5 Å². The summed E-state index contributed by atoms with van der Waals surface area (Å²) in [6, 6.07) is 0.949. The number of benzene rings is 1. The second kappa shape index (κ2) is 6.20. The van der Waals surface area contributed by atoms with Crippen LogP contribution in [0.3, 0.4) is 0 Å². The molecular formula is C10H10F3NO5S. The molecule has 0 aromatic heterocycles. The second-order valence-electron chi connectivity index (χ2n) is 3.56. The number of methoxy groups -OCH3 is 1. The Hall–Kier alpha value is -1.65. The Balaban J connectivity index is 2.96. The topological polar surface area (TPSA) is 92.7 Å². The first-order chi connectivity index (χ1) is 9.20. The third kappa shape index (κ3) is 3.46. The van der Waals surface area contributed by atoms with E-state index in [0.29, 0.717) is 12.1 Å². The summed E-state index contributed by atoms with van der Waals surface area (Å²) in [5, 5.41) is 9.17. The summed E-state index contributed by atoms with van der Waals surface area (Å²) >= 11 is 0. The lowest BCUT2D eigenvalue weighted by molar-refractivity contribution is -0.149. The molecule has 0 radical (unpaired) electrons. The van der Waals surface area contributed by atoms with Crippen molar-refractivity contribution in [2.75, 3.05) is 13.7 Å². The van der Waals surface area contributed by atoms with Gasteiger partial charge in [-0.2, -0.15) is 0 Å². The maximum absolute atomic E-state index is 13.3. The van der Waals surface area contributed by atoms with Gasteiger partial charge in [0.05, 0.1) is 7.11 Å².